The maximum absolute atomic E-state index is 11.8. The number of ether oxygens (including phenoxy) is 1. The van der Waals surface area contributed by atoms with Crippen molar-refractivity contribution in [2.75, 3.05) is 6.61 Å². The molecule has 0 aliphatic heterocycles. The van der Waals surface area contributed by atoms with E-state index >= 15 is 0 Å². The predicted octanol–water partition coefficient (Wildman–Crippen LogP) is 2.22. The van der Waals surface area contributed by atoms with Gasteiger partial charge in [-0.2, -0.15) is 0 Å². The highest BCUT2D eigenvalue weighted by molar-refractivity contribution is 5.79. The summed E-state index contributed by atoms with van der Waals surface area (Å²) >= 11 is 0. The van der Waals surface area contributed by atoms with Gasteiger partial charge in [-0.25, -0.2) is 0 Å². The molecule has 1 rings (SSSR count). The van der Waals surface area contributed by atoms with E-state index in [9.17, 15) is 14.7 Å². The first-order valence-corrected chi connectivity index (χ1v) is 7.29. The molecule has 5 nitrogen and oxygen atoms in total. The van der Waals surface area contributed by atoms with E-state index < -0.39 is 23.3 Å². The molecule has 0 heterocycles. The van der Waals surface area contributed by atoms with Crippen molar-refractivity contribution in [3.8, 4) is 0 Å². The number of carboxylic acids is 1. The first-order chi connectivity index (χ1) is 9.25. The fraction of sp³-hybridized carbons (Fsp3) is 0.867. The summed E-state index contributed by atoms with van der Waals surface area (Å²) in [5, 5.41) is 17.9. The number of hydrogen-bond donors (Lipinski definition) is 2. The van der Waals surface area contributed by atoms with Gasteiger partial charge < -0.3 is 14.9 Å². The number of aliphatic hydroxyl groups is 1. The molecule has 1 aliphatic carbocycles. The summed E-state index contributed by atoms with van der Waals surface area (Å²) in [5.74, 6) is -1.70. The molecular weight excluding hydrogens is 260 g/mol. The fourth-order valence-corrected chi connectivity index (χ4v) is 2.33. The number of hydrogen-bond acceptors (Lipinski definition) is 4. The number of carboxylic acid groups (broad SMARTS) is 1. The van der Waals surface area contributed by atoms with E-state index in [1.54, 1.807) is 0 Å². The minimum Gasteiger partial charge on any atom is -0.481 e. The Morgan fingerprint density at radius 3 is 2.45 bits per heavy atom. The minimum atomic E-state index is -0.954. The molecule has 1 fully saturated rings. The average molecular weight is 286 g/mol. The van der Waals surface area contributed by atoms with Gasteiger partial charge in [-0.3, -0.25) is 9.59 Å². The fourth-order valence-electron chi connectivity index (χ4n) is 2.33. The SMILES string of the molecule is CC(C)(C)[C@H](CC(=O)O[C@@H]1C[C@H]1CCCCO)C(=O)O. The maximum atomic E-state index is 11.8. The van der Waals surface area contributed by atoms with Crippen LogP contribution in [-0.2, 0) is 14.3 Å². The summed E-state index contributed by atoms with van der Waals surface area (Å²) in [5.41, 5.74) is -0.463. The second kappa shape index (κ2) is 7.07. The molecule has 3 atom stereocenters. The van der Waals surface area contributed by atoms with E-state index in [0.29, 0.717) is 5.92 Å². The van der Waals surface area contributed by atoms with Crippen molar-refractivity contribution >= 4 is 11.9 Å². The van der Waals surface area contributed by atoms with Crippen LogP contribution < -0.4 is 0 Å². The number of carbonyl (C=O) groups excluding carboxylic acids is 1. The Morgan fingerprint density at radius 2 is 1.95 bits per heavy atom. The van der Waals surface area contributed by atoms with Crippen LogP contribution in [0, 0.1) is 17.3 Å². The van der Waals surface area contributed by atoms with Crippen molar-refractivity contribution in [3.05, 3.63) is 0 Å². The molecule has 1 saturated carbocycles. The number of aliphatic hydroxyl groups excluding tert-OH is 1. The van der Waals surface area contributed by atoms with Gasteiger partial charge in [0.2, 0.25) is 0 Å². The van der Waals surface area contributed by atoms with Gasteiger partial charge in [0.1, 0.15) is 6.10 Å². The summed E-state index contributed by atoms with van der Waals surface area (Å²) in [7, 11) is 0. The number of rotatable bonds is 8. The Labute approximate surface area is 120 Å². The van der Waals surface area contributed by atoms with Crippen molar-refractivity contribution in [1.29, 1.82) is 0 Å². The highest BCUT2D eigenvalue weighted by Gasteiger charge is 2.41. The molecule has 20 heavy (non-hydrogen) atoms. The quantitative estimate of drug-likeness (QED) is 0.528. The second-order valence-electron chi connectivity index (χ2n) is 6.70. The smallest absolute Gasteiger partial charge is 0.307 e. The predicted molar refractivity (Wildman–Crippen MR) is 74.1 cm³/mol. The molecule has 0 radical (unpaired) electrons. The van der Waals surface area contributed by atoms with Gasteiger partial charge in [-0.15, -0.1) is 0 Å². The van der Waals surface area contributed by atoms with Crippen LogP contribution in [0.5, 0.6) is 0 Å². The molecule has 0 bridgehead atoms. The molecule has 0 saturated heterocycles. The summed E-state index contributed by atoms with van der Waals surface area (Å²) in [4.78, 5) is 23.0. The lowest BCUT2D eigenvalue weighted by atomic mass is 9.79. The van der Waals surface area contributed by atoms with E-state index in [1.807, 2.05) is 20.8 Å². The summed E-state index contributed by atoms with van der Waals surface area (Å²) in [6.45, 7) is 5.64. The van der Waals surface area contributed by atoms with Gasteiger partial charge >= 0.3 is 11.9 Å². The normalized spacial score (nSPS) is 23.2. The largest absolute Gasteiger partial charge is 0.481 e. The average Bonchev–Trinajstić information content (AvgIpc) is 3.03. The standard InChI is InChI=1S/C15H26O5/c1-15(2,3)11(14(18)19)9-13(17)20-12-8-10(12)6-4-5-7-16/h10-12,16H,4-9H2,1-3H3,(H,18,19)/t10-,11-,12-/m1/s1. The van der Waals surface area contributed by atoms with Crippen LogP contribution in [0.3, 0.4) is 0 Å². The Bertz CT molecular complexity index is 345. The van der Waals surface area contributed by atoms with Gasteiger partial charge in [-0.05, 0) is 30.6 Å². The first kappa shape index (κ1) is 17.0. The van der Waals surface area contributed by atoms with Crippen molar-refractivity contribution in [2.45, 2.75) is 59.0 Å². The van der Waals surface area contributed by atoms with Crippen molar-refractivity contribution in [1.82, 2.24) is 0 Å². The Kier molecular flexibility index (Phi) is 5.99. The van der Waals surface area contributed by atoms with Gasteiger partial charge in [0.25, 0.3) is 0 Å². The number of esters is 1. The molecular formula is C15H26O5. The second-order valence-corrected chi connectivity index (χ2v) is 6.70. The third-order valence-electron chi connectivity index (χ3n) is 3.84. The van der Waals surface area contributed by atoms with E-state index in [1.165, 1.54) is 0 Å². The maximum Gasteiger partial charge on any atom is 0.307 e. The third kappa shape index (κ3) is 5.49. The van der Waals surface area contributed by atoms with Gasteiger partial charge in [0.15, 0.2) is 0 Å². The molecule has 0 unspecified atom stereocenters. The van der Waals surface area contributed by atoms with Crippen LogP contribution in [0.4, 0.5) is 0 Å². The highest BCUT2D eigenvalue weighted by atomic mass is 16.5. The van der Waals surface area contributed by atoms with Gasteiger partial charge in [-0.1, -0.05) is 27.2 Å². The van der Waals surface area contributed by atoms with Gasteiger partial charge in [0, 0.05) is 6.61 Å². The number of unbranched alkanes of at least 4 members (excludes halogenated alkanes) is 1. The molecule has 5 heteroatoms. The van der Waals surface area contributed by atoms with Gasteiger partial charge in [0.05, 0.1) is 12.3 Å². The van der Waals surface area contributed by atoms with E-state index in [0.717, 1.165) is 25.7 Å². The molecule has 2 N–H and O–H groups in total. The zero-order valence-electron chi connectivity index (χ0n) is 12.6. The van der Waals surface area contributed by atoms with Crippen LogP contribution in [0.1, 0.15) is 52.9 Å². The molecule has 0 aromatic carbocycles. The Morgan fingerprint density at radius 1 is 1.30 bits per heavy atom. The van der Waals surface area contributed by atoms with Crippen LogP contribution in [0.2, 0.25) is 0 Å². The molecule has 0 aromatic rings. The topological polar surface area (TPSA) is 83.8 Å². The Balaban J connectivity index is 2.32. The van der Waals surface area contributed by atoms with Crippen LogP contribution in [-0.4, -0.2) is 34.9 Å². The lowest BCUT2D eigenvalue weighted by Crippen LogP contribution is -2.31. The van der Waals surface area contributed by atoms with Crippen molar-refractivity contribution in [3.63, 3.8) is 0 Å². The molecule has 1 aliphatic rings. The first-order valence-electron chi connectivity index (χ1n) is 7.29. The van der Waals surface area contributed by atoms with Crippen molar-refractivity contribution < 1.29 is 24.5 Å². The van der Waals surface area contributed by atoms with Crippen LogP contribution in [0.15, 0.2) is 0 Å². The zero-order chi connectivity index (χ0) is 15.3. The highest BCUT2D eigenvalue weighted by Crippen LogP contribution is 2.39. The van der Waals surface area contributed by atoms with E-state index in [2.05, 4.69) is 0 Å². The number of aliphatic carboxylic acids is 1. The monoisotopic (exact) mass is 286 g/mol. The molecule has 0 aromatic heterocycles. The van der Waals surface area contributed by atoms with Crippen molar-refractivity contribution in [2.24, 2.45) is 17.3 Å². The van der Waals surface area contributed by atoms with E-state index in [4.69, 9.17) is 9.84 Å². The third-order valence-corrected chi connectivity index (χ3v) is 3.84. The molecule has 0 spiro atoms. The molecule has 0 amide bonds. The summed E-state index contributed by atoms with van der Waals surface area (Å²) in [6, 6.07) is 0. The zero-order valence-corrected chi connectivity index (χ0v) is 12.6. The molecule has 116 valence electrons. The summed E-state index contributed by atoms with van der Waals surface area (Å²) < 4.78 is 5.32. The van der Waals surface area contributed by atoms with Crippen LogP contribution >= 0.6 is 0 Å². The van der Waals surface area contributed by atoms with Crippen LogP contribution in [0.25, 0.3) is 0 Å². The summed E-state index contributed by atoms with van der Waals surface area (Å²) in [6.07, 6.45) is 3.43. The lowest BCUT2D eigenvalue weighted by molar-refractivity contribution is -0.156. The lowest BCUT2D eigenvalue weighted by Gasteiger charge is -2.26. The van der Waals surface area contributed by atoms with E-state index in [-0.39, 0.29) is 19.1 Å². The minimum absolute atomic E-state index is 0.0457. The Hall–Kier alpha value is -1.10. The number of carbonyl (C=O) groups is 2.